The summed E-state index contributed by atoms with van der Waals surface area (Å²) in [6.45, 7) is 6.34. The number of benzene rings is 1. The summed E-state index contributed by atoms with van der Waals surface area (Å²) in [4.78, 5) is 10.1. The Labute approximate surface area is 180 Å². The van der Waals surface area contributed by atoms with E-state index >= 15 is 0 Å². The standard InChI is InChI=1S/C23H36N6O/c1-23(24-2)17-21(25-18-8-7-11-20(16-18)30-3)26-22(27-23)29-14-12-28(13-15-29)19-9-5-4-6-10-19/h7-8,11,16-17,19,24-25H,4-6,9-10,12-15H2,1-3H3,(H,26,27). The lowest BCUT2D eigenvalue weighted by Gasteiger charge is -2.43. The summed E-state index contributed by atoms with van der Waals surface area (Å²) in [6, 6.07) is 8.75. The molecule has 1 unspecified atom stereocenters. The normalized spacial score (nSPS) is 25.9. The fourth-order valence-electron chi connectivity index (χ4n) is 4.66. The third-order valence-corrected chi connectivity index (χ3v) is 6.57. The van der Waals surface area contributed by atoms with Crippen LogP contribution < -0.4 is 20.7 Å². The monoisotopic (exact) mass is 412 g/mol. The summed E-state index contributed by atoms with van der Waals surface area (Å²) in [5, 5.41) is 10.3. The molecule has 3 N–H and O–H groups in total. The van der Waals surface area contributed by atoms with Gasteiger partial charge >= 0.3 is 0 Å². The zero-order valence-electron chi connectivity index (χ0n) is 18.6. The molecular formula is C23H36N6O. The number of piperazine rings is 1. The molecular weight excluding hydrogens is 376 g/mol. The highest BCUT2D eigenvalue weighted by molar-refractivity contribution is 5.84. The molecule has 0 amide bonds. The number of hydrogen-bond donors (Lipinski definition) is 3. The van der Waals surface area contributed by atoms with Gasteiger partial charge in [0.15, 0.2) is 0 Å². The largest absolute Gasteiger partial charge is 0.497 e. The van der Waals surface area contributed by atoms with Gasteiger partial charge in [0.05, 0.1) is 7.11 Å². The lowest BCUT2D eigenvalue weighted by molar-refractivity contribution is 0.105. The summed E-state index contributed by atoms with van der Waals surface area (Å²) < 4.78 is 5.35. The minimum atomic E-state index is -0.456. The van der Waals surface area contributed by atoms with E-state index in [9.17, 15) is 0 Å². The van der Waals surface area contributed by atoms with E-state index in [-0.39, 0.29) is 0 Å². The van der Waals surface area contributed by atoms with Crippen LogP contribution in [0.5, 0.6) is 5.75 Å². The van der Waals surface area contributed by atoms with Crippen molar-refractivity contribution in [2.45, 2.75) is 50.7 Å². The smallest absolute Gasteiger partial charge is 0.201 e. The molecule has 0 bridgehead atoms. The van der Waals surface area contributed by atoms with E-state index in [1.807, 2.05) is 31.3 Å². The fourth-order valence-corrected chi connectivity index (χ4v) is 4.66. The van der Waals surface area contributed by atoms with Gasteiger partial charge in [-0.2, -0.15) is 0 Å². The molecule has 1 aliphatic carbocycles. The fraction of sp³-hybridized carbons (Fsp3) is 0.609. The first-order valence-electron chi connectivity index (χ1n) is 11.3. The lowest BCUT2D eigenvalue weighted by atomic mass is 9.94. The first-order valence-corrected chi connectivity index (χ1v) is 11.3. The predicted octanol–water partition coefficient (Wildman–Crippen LogP) is 2.79. The Morgan fingerprint density at radius 3 is 2.60 bits per heavy atom. The van der Waals surface area contributed by atoms with Gasteiger partial charge in [0.1, 0.15) is 17.2 Å². The van der Waals surface area contributed by atoms with Crippen LogP contribution in [0.15, 0.2) is 41.2 Å². The second-order valence-corrected chi connectivity index (χ2v) is 8.69. The van der Waals surface area contributed by atoms with E-state index < -0.39 is 5.66 Å². The molecule has 1 saturated carbocycles. The van der Waals surface area contributed by atoms with Crippen LogP contribution in [0.1, 0.15) is 39.0 Å². The number of nitrogens with zero attached hydrogens (tertiary/aromatic N) is 3. The van der Waals surface area contributed by atoms with Crippen molar-refractivity contribution < 1.29 is 4.74 Å². The third kappa shape index (κ3) is 4.90. The van der Waals surface area contributed by atoms with E-state index in [4.69, 9.17) is 9.73 Å². The van der Waals surface area contributed by atoms with Gasteiger partial charge in [0.2, 0.25) is 5.96 Å². The van der Waals surface area contributed by atoms with Crippen molar-refractivity contribution in [3.05, 3.63) is 36.2 Å². The average molecular weight is 413 g/mol. The minimum absolute atomic E-state index is 0.456. The average Bonchev–Trinajstić information content (AvgIpc) is 2.79. The number of methoxy groups -OCH3 is 1. The SMILES string of the molecule is CNC1(C)C=C(Nc2cccc(OC)c2)NC(N2CCN(C3CCCCC3)CC2)=N1. The van der Waals surface area contributed by atoms with Gasteiger partial charge in [-0.05, 0) is 45.0 Å². The summed E-state index contributed by atoms with van der Waals surface area (Å²) in [5.74, 6) is 2.70. The van der Waals surface area contributed by atoms with Crippen LogP contribution in [-0.4, -0.2) is 67.8 Å². The molecule has 30 heavy (non-hydrogen) atoms. The van der Waals surface area contributed by atoms with Crippen LogP contribution >= 0.6 is 0 Å². The maximum absolute atomic E-state index is 5.35. The van der Waals surface area contributed by atoms with Crippen LogP contribution in [0.2, 0.25) is 0 Å². The molecule has 2 aliphatic heterocycles. The highest BCUT2D eigenvalue weighted by Gasteiger charge is 2.31. The van der Waals surface area contributed by atoms with Crippen molar-refractivity contribution in [1.29, 1.82) is 0 Å². The molecule has 164 valence electrons. The van der Waals surface area contributed by atoms with Crippen LogP contribution in [0.25, 0.3) is 0 Å². The van der Waals surface area contributed by atoms with Crippen LogP contribution in [0.4, 0.5) is 5.69 Å². The molecule has 3 aliphatic rings. The van der Waals surface area contributed by atoms with E-state index in [1.54, 1.807) is 7.11 Å². The van der Waals surface area contributed by atoms with Gasteiger partial charge in [0, 0.05) is 44.0 Å². The van der Waals surface area contributed by atoms with Crippen LogP contribution in [-0.2, 0) is 0 Å². The Hall–Kier alpha value is -2.25. The molecule has 0 radical (unpaired) electrons. The van der Waals surface area contributed by atoms with Gasteiger partial charge in [-0.25, -0.2) is 4.99 Å². The van der Waals surface area contributed by atoms with Crippen molar-refractivity contribution in [2.75, 3.05) is 45.7 Å². The zero-order chi connectivity index (χ0) is 21.0. The zero-order valence-corrected chi connectivity index (χ0v) is 18.6. The number of anilines is 1. The third-order valence-electron chi connectivity index (χ3n) is 6.57. The number of nitrogens with one attached hydrogen (secondary N) is 3. The van der Waals surface area contributed by atoms with E-state index in [0.717, 1.165) is 55.4 Å². The summed E-state index contributed by atoms with van der Waals surface area (Å²) >= 11 is 0. The molecule has 1 atom stereocenters. The number of guanidine groups is 1. The second-order valence-electron chi connectivity index (χ2n) is 8.69. The summed E-state index contributed by atoms with van der Waals surface area (Å²) in [5.41, 5.74) is 0.525. The first-order chi connectivity index (χ1) is 14.6. The van der Waals surface area contributed by atoms with Gasteiger partial charge in [-0.15, -0.1) is 0 Å². The molecule has 0 spiro atoms. The van der Waals surface area contributed by atoms with Crippen molar-refractivity contribution in [3.63, 3.8) is 0 Å². The molecule has 4 rings (SSSR count). The molecule has 2 fully saturated rings. The van der Waals surface area contributed by atoms with Gasteiger partial charge in [0.25, 0.3) is 0 Å². The van der Waals surface area contributed by atoms with Crippen LogP contribution in [0, 0.1) is 0 Å². The van der Waals surface area contributed by atoms with E-state index in [0.29, 0.717) is 0 Å². The van der Waals surface area contributed by atoms with Crippen molar-refractivity contribution in [1.82, 2.24) is 20.4 Å². The van der Waals surface area contributed by atoms with Gasteiger partial charge in [-0.1, -0.05) is 25.3 Å². The number of ether oxygens (including phenoxy) is 1. The number of hydrogen-bond acceptors (Lipinski definition) is 7. The predicted molar refractivity (Wildman–Crippen MR) is 123 cm³/mol. The minimum Gasteiger partial charge on any atom is -0.497 e. The Balaban J connectivity index is 1.42. The highest BCUT2D eigenvalue weighted by Crippen LogP contribution is 2.25. The number of aliphatic imine (C=N–C) groups is 1. The highest BCUT2D eigenvalue weighted by atomic mass is 16.5. The van der Waals surface area contributed by atoms with Gasteiger partial charge in [-0.3, -0.25) is 10.2 Å². The van der Waals surface area contributed by atoms with Crippen molar-refractivity contribution in [3.8, 4) is 5.75 Å². The Morgan fingerprint density at radius 1 is 1.13 bits per heavy atom. The molecule has 7 heteroatoms. The Bertz CT molecular complexity index is 780. The molecule has 1 saturated heterocycles. The summed E-state index contributed by atoms with van der Waals surface area (Å²) in [7, 11) is 3.64. The summed E-state index contributed by atoms with van der Waals surface area (Å²) in [6.07, 6.45) is 9.03. The lowest BCUT2D eigenvalue weighted by Crippen LogP contribution is -2.57. The topological polar surface area (TPSA) is 64.2 Å². The molecule has 7 nitrogen and oxygen atoms in total. The molecule has 1 aromatic carbocycles. The van der Waals surface area contributed by atoms with E-state index in [1.165, 1.54) is 32.1 Å². The molecule has 2 heterocycles. The number of likely N-dealkylation sites (N-methyl/N-ethyl adjacent to an activating group) is 1. The Morgan fingerprint density at radius 2 is 1.90 bits per heavy atom. The molecule has 1 aromatic rings. The Kier molecular flexibility index (Phi) is 6.49. The number of rotatable bonds is 5. The van der Waals surface area contributed by atoms with E-state index in [2.05, 4.69) is 38.7 Å². The van der Waals surface area contributed by atoms with Crippen molar-refractivity contribution >= 4 is 11.6 Å². The maximum Gasteiger partial charge on any atom is 0.201 e. The van der Waals surface area contributed by atoms with Gasteiger partial charge < -0.3 is 20.3 Å². The first kappa shape index (κ1) is 21.0. The second kappa shape index (κ2) is 9.27. The van der Waals surface area contributed by atoms with Crippen LogP contribution in [0.3, 0.4) is 0 Å². The maximum atomic E-state index is 5.35. The van der Waals surface area contributed by atoms with Crippen molar-refractivity contribution in [2.24, 2.45) is 4.99 Å². The molecule has 0 aromatic heterocycles. The quantitative estimate of drug-likeness (QED) is 0.691.